The maximum absolute atomic E-state index is 10.5. The predicted molar refractivity (Wildman–Crippen MR) is 91.0 cm³/mol. The van der Waals surface area contributed by atoms with Crippen LogP contribution in [0.25, 0.3) is 0 Å². The zero-order valence-corrected chi connectivity index (χ0v) is 13.9. The van der Waals surface area contributed by atoms with Crippen molar-refractivity contribution in [2.24, 2.45) is 5.92 Å². The van der Waals surface area contributed by atoms with Crippen LogP contribution >= 0.6 is 0 Å². The average molecular weight is 311 g/mol. The molecule has 2 atom stereocenters. The number of nitrogens with zero attached hydrogens (tertiary/aromatic N) is 3. The highest BCUT2D eigenvalue weighted by Gasteiger charge is 2.28. The molecule has 1 N–H and O–H groups in total. The average Bonchev–Trinajstić information content (AvgIpc) is 2.54. The van der Waals surface area contributed by atoms with E-state index >= 15 is 0 Å². The van der Waals surface area contributed by atoms with E-state index in [4.69, 9.17) is 0 Å². The molecule has 0 aliphatic carbocycles. The van der Waals surface area contributed by atoms with Crippen LogP contribution in [0.2, 0.25) is 0 Å². The Bertz CT molecular complexity index is 641. The second-order valence-electron chi connectivity index (χ2n) is 6.62. The molecule has 122 valence electrons. The van der Waals surface area contributed by atoms with Crippen molar-refractivity contribution in [3.8, 4) is 0 Å². The molecule has 0 unspecified atom stereocenters. The largest absolute Gasteiger partial charge is 0.391 e. The van der Waals surface area contributed by atoms with Crippen LogP contribution in [0.4, 0.5) is 0 Å². The maximum Gasteiger partial charge on any atom is 0.125 e. The molecule has 0 amide bonds. The van der Waals surface area contributed by atoms with Crippen LogP contribution in [-0.2, 0) is 13.0 Å². The Kier molecular flexibility index (Phi) is 5.03. The number of aliphatic hydroxyl groups is 1. The normalized spacial score (nSPS) is 22.2. The fraction of sp³-hybridized carbons (Fsp3) is 0.474. The van der Waals surface area contributed by atoms with E-state index in [1.54, 1.807) is 0 Å². The molecule has 1 aromatic heterocycles. The molecule has 4 heteroatoms. The minimum absolute atomic E-state index is 0.269. The van der Waals surface area contributed by atoms with Crippen LogP contribution in [-0.4, -0.2) is 39.2 Å². The Balaban J connectivity index is 1.57. The van der Waals surface area contributed by atoms with Gasteiger partial charge in [0.15, 0.2) is 0 Å². The van der Waals surface area contributed by atoms with Crippen molar-refractivity contribution in [1.82, 2.24) is 14.9 Å². The zero-order chi connectivity index (χ0) is 16.2. The molecule has 0 radical (unpaired) electrons. The summed E-state index contributed by atoms with van der Waals surface area (Å²) in [5, 5.41) is 10.5. The Morgan fingerprint density at radius 1 is 1.17 bits per heavy atom. The molecule has 1 aromatic carbocycles. The third-order valence-electron chi connectivity index (χ3n) is 4.79. The van der Waals surface area contributed by atoms with Gasteiger partial charge in [0.05, 0.1) is 6.10 Å². The van der Waals surface area contributed by atoms with Crippen molar-refractivity contribution >= 4 is 0 Å². The van der Waals surface area contributed by atoms with Crippen LogP contribution in [0.3, 0.4) is 0 Å². The number of rotatable bonds is 4. The summed E-state index contributed by atoms with van der Waals surface area (Å²) < 4.78 is 0. The molecule has 0 saturated carbocycles. The topological polar surface area (TPSA) is 49.2 Å². The minimum Gasteiger partial charge on any atom is -0.391 e. The summed E-state index contributed by atoms with van der Waals surface area (Å²) in [6.45, 7) is 6.60. The fourth-order valence-electron chi connectivity index (χ4n) is 3.31. The molecule has 1 fully saturated rings. The zero-order valence-electron chi connectivity index (χ0n) is 13.9. The number of hydrogen-bond donors (Lipinski definition) is 1. The van der Waals surface area contributed by atoms with Crippen molar-refractivity contribution in [3.05, 3.63) is 59.2 Å². The SMILES string of the molecule is Cc1ncc(CN2CC[C@H](Cc3ccccc3C)[C@@H](O)C2)cn1. The van der Waals surface area contributed by atoms with Gasteiger partial charge < -0.3 is 5.11 Å². The lowest BCUT2D eigenvalue weighted by atomic mass is 9.86. The molecule has 3 rings (SSSR count). The van der Waals surface area contributed by atoms with Gasteiger partial charge in [-0.1, -0.05) is 24.3 Å². The van der Waals surface area contributed by atoms with Crippen molar-refractivity contribution in [2.45, 2.75) is 39.3 Å². The van der Waals surface area contributed by atoms with E-state index in [1.165, 1.54) is 11.1 Å². The predicted octanol–water partition coefficient (Wildman–Crippen LogP) is 2.52. The highest BCUT2D eigenvalue weighted by molar-refractivity contribution is 5.26. The van der Waals surface area contributed by atoms with Crippen LogP contribution in [0, 0.1) is 19.8 Å². The Hall–Kier alpha value is -1.78. The highest BCUT2D eigenvalue weighted by atomic mass is 16.3. The standard InChI is InChI=1S/C19H25N3O/c1-14-5-3-4-6-17(14)9-18-7-8-22(13-19(18)23)12-16-10-20-15(2)21-11-16/h3-6,10-11,18-19,23H,7-9,12-13H2,1-2H3/t18-,19+/m1/s1. The van der Waals surface area contributed by atoms with Gasteiger partial charge in [0.2, 0.25) is 0 Å². The van der Waals surface area contributed by atoms with Gasteiger partial charge in [0.25, 0.3) is 0 Å². The number of aromatic nitrogens is 2. The second kappa shape index (κ2) is 7.20. The summed E-state index contributed by atoms with van der Waals surface area (Å²) in [6.07, 6.45) is 5.49. The van der Waals surface area contributed by atoms with Gasteiger partial charge in [-0.2, -0.15) is 0 Å². The molecular weight excluding hydrogens is 286 g/mol. The Morgan fingerprint density at radius 3 is 2.61 bits per heavy atom. The summed E-state index contributed by atoms with van der Waals surface area (Å²) in [5.74, 6) is 1.15. The van der Waals surface area contributed by atoms with Crippen LogP contribution in [0.15, 0.2) is 36.7 Å². The summed E-state index contributed by atoms with van der Waals surface area (Å²) in [7, 11) is 0. The quantitative estimate of drug-likeness (QED) is 0.942. The number of aliphatic hydroxyl groups excluding tert-OH is 1. The van der Waals surface area contributed by atoms with E-state index in [2.05, 4.69) is 46.1 Å². The van der Waals surface area contributed by atoms with Gasteiger partial charge in [-0.05, 0) is 50.3 Å². The third kappa shape index (κ3) is 4.15. The lowest BCUT2D eigenvalue weighted by molar-refractivity contribution is 0.0186. The van der Waals surface area contributed by atoms with Crippen molar-refractivity contribution in [1.29, 1.82) is 0 Å². The first-order valence-electron chi connectivity index (χ1n) is 8.34. The van der Waals surface area contributed by atoms with Gasteiger partial charge in [0, 0.05) is 31.0 Å². The highest BCUT2D eigenvalue weighted by Crippen LogP contribution is 2.24. The molecule has 1 saturated heterocycles. The molecule has 1 aliphatic heterocycles. The second-order valence-corrected chi connectivity index (χ2v) is 6.62. The molecule has 1 aliphatic rings. The number of benzene rings is 1. The van der Waals surface area contributed by atoms with E-state index in [1.807, 2.05) is 19.3 Å². The van der Waals surface area contributed by atoms with E-state index in [0.717, 1.165) is 43.9 Å². The van der Waals surface area contributed by atoms with E-state index < -0.39 is 0 Å². The van der Waals surface area contributed by atoms with E-state index in [0.29, 0.717) is 5.92 Å². The van der Waals surface area contributed by atoms with Gasteiger partial charge in [0.1, 0.15) is 5.82 Å². The summed E-state index contributed by atoms with van der Waals surface area (Å²) in [4.78, 5) is 10.8. The lowest BCUT2D eigenvalue weighted by Crippen LogP contribution is -2.44. The third-order valence-corrected chi connectivity index (χ3v) is 4.79. The fourth-order valence-corrected chi connectivity index (χ4v) is 3.31. The minimum atomic E-state index is -0.269. The van der Waals surface area contributed by atoms with Crippen molar-refractivity contribution in [2.75, 3.05) is 13.1 Å². The number of β-amino-alcohol motifs (C(OH)–C–C–N with tert-alkyl or cyclic N) is 1. The molecule has 0 bridgehead atoms. The molecule has 2 aromatic rings. The molecule has 23 heavy (non-hydrogen) atoms. The number of piperidine rings is 1. The molecule has 0 spiro atoms. The molecular formula is C19H25N3O. The number of aryl methyl sites for hydroxylation is 2. The summed E-state index contributed by atoms with van der Waals surface area (Å²) in [5.41, 5.74) is 3.79. The lowest BCUT2D eigenvalue weighted by Gasteiger charge is -2.36. The van der Waals surface area contributed by atoms with Crippen molar-refractivity contribution < 1.29 is 5.11 Å². The van der Waals surface area contributed by atoms with Gasteiger partial charge in [-0.3, -0.25) is 4.90 Å². The number of likely N-dealkylation sites (tertiary alicyclic amines) is 1. The smallest absolute Gasteiger partial charge is 0.125 e. The Morgan fingerprint density at radius 2 is 1.91 bits per heavy atom. The maximum atomic E-state index is 10.5. The van der Waals surface area contributed by atoms with Gasteiger partial charge in [-0.25, -0.2) is 9.97 Å². The van der Waals surface area contributed by atoms with Crippen molar-refractivity contribution in [3.63, 3.8) is 0 Å². The summed E-state index contributed by atoms with van der Waals surface area (Å²) in [6, 6.07) is 8.48. The van der Waals surface area contributed by atoms with Crippen LogP contribution in [0.1, 0.15) is 28.9 Å². The monoisotopic (exact) mass is 311 g/mol. The first-order valence-corrected chi connectivity index (χ1v) is 8.34. The van der Waals surface area contributed by atoms with Crippen LogP contribution < -0.4 is 0 Å². The first kappa shape index (κ1) is 16.1. The first-order chi connectivity index (χ1) is 11.1. The number of hydrogen-bond acceptors (Lipinski definition) is 4. The molecule has 2 heterocycles. The Labute approximate surface area is 138 Å². The van der Waals surface area contributed by atoms with Gasteiger partial charge >= 0.3 is 0 Å². The van der Waals surface area contributed by atoms with E-state index in [9.17, 15) is 5.11 Å². The van der Waals surface area contributed by atoms with Crippen LogP contribution in [0.5, 0.6) is 0 Å². The molecule has 4 nitrogen and oxygen atoms in total. The van der Waals surface area contributed by atoms with E-state index in [-0.39, 0.29) is 6.10 Å². The summed E-state index contributed by atoms with van der Waals surface area (Å²) >= 11 is 0. The van der Waals surface area contributed by atoms with Gasteiger partial charge in [-0.15, -0.1) is 0 Å².